The number of hydrogen-bond donors (Lipinski definition) is 1. The molecule has 8 heteroatoms. The van der Waals surface area contributed by atoms with Crippen molar-refractivity contribution >= 4 is 15.9 Å². The van der Waals surface area contributed by atoms with Gasteiger partial charge in [-0.15, -0.1) is 0 Å². The third kappa shape index (κ3) is 5.58. The summed E-state index contributed by atoms with van der Waals surface area (Å²) in [5, 5.41) is 2.84. The number of piperidine rings is 1. The van der Waals surface area contributed by atoms with Crippen LogP contribution >= 0.6 is 0 Å². The fourth-order valence-electron chi connectivity index (χ4n) is 3.63. The van der Waals surface area contributed by atoms with Crippen molar-refractivity contribution in [3.05, 3.63) is 59.4 Å². The fraction of sp³-hybridized carbons (Fsp3) is 0.409. The van der Waals surface area contributed by atoms with E-state index >= 15 is 0 Å². The van der Waals surface area contributed by atoms with Crippen molar-refractivity contribution in [1.82, 2.24) is 9.62 Å². The van der Waals surface area contributed by atoms with E-state index in [-0.39, 0.29) is 17.3 Å². The van der Waals surface area contributed by atoms with E-state index in [0.29, 0.717) is 32.5 Å². The highest BCUT2D eigenvalue weighted by Gasteiger charge is 2.33. The van der Waals surface area contributed by atoms with Gasteiger partial charge < -0.3 is 10.1 Å². The molecule has 1 N–H and O–H groups in total. The molecule has 2 aromatic rings. The highest BCUT2D eigenvalue weighted by molar-refractivity contribution is 7.89. The minimum Gasteiger partial charge on any atom is -0.492 e. The lowest BCUT2D eigenvalue weighted by molar-refractivity contribution is -0.126. The predicted molar refractivity (Wildman–Crippen MR) is 112 cm³/mol. The number of benzene rings is 2. The quantitative estimate of drug-likeness (QED) is 0.680. The first-order chi connectivity index (χ1) is 14.3. The van der Waals surface area contributed by atoms with E-state index in [1.165, 1.54) is 16.4 Å². The van der Waals surface area contributed by atoms with E-state index in [9.17, 15) is 17.6 Å². The largest absolute Gasteiger partial charge is 0.492 e. The van der Waals surface area contributed by atoms with Gasteiger partial charge in [0.1, 0.15) is 18.2 Å². The molecule has 1 fully saturated rings. The Balaban J connectivity index is 1.52. The molecule has 0 aromatic heterocycles. The van der Waals surface area contributed by atoms with Crippen LogP contribution < -0.4 is 10.1 Å². The van der Waals surface area contributed by atoms with Gasteiger partial charge in [-0.3, -0.25) is 4.79 Å². The molecule has 1 heterocycles. The van der Waals surface area contributed by atoms with Gasteiger partial charge in [0, 0.05) is 13.1 Å². The Labute approximate surface area is 177 Å². The van der Waals surface area contributed by atoms with Crippen LogP contribution in [0.4, 0.5) is 4.39 Å². The van der Waals surface area contributed by atoms with Crippen molar-refractivity contribution in [2.75, 3.05) is 26.2 Å². The molecule has 0 spiro atoms. The van der Waals surface area contributed by atoms with Crippen LogP contribution in [0.1, 0.15) is 24.0 Å². The van der Waals surface area contributed by atoms with Gasteiger partial charge in [0.15, 0.2) is 0 Å². The zero-order valence-electron chi connectivity index (χ0n) is 17.2. The van der Waals surface area contributed by atoms with Gasteiger partial charge in [-0.05, 0) is 74.2 Å². The van der Waals surface area contributed by atoms with Crippen molar-refractivity contribution in [3.63, 3.8) is 0 Å². The highest BCUT2D eigenvalue weighted by Crippen LogP contribution is 2.24. The lowest BCUT2D eigenvalue weighted by Crippen LogP contribution is -2.45. The number of sulfonamides is 1. The first-order valence-electron chi connectivity index (χ1n) is 10.0. The molecule has 1 aliphatic heterocycles. The van der Waals surface area contributed by atoms with Crippen molar-refractivity contribution in [2.45, 2.75) is 31.6 Å². The summed E-state index contributed by atoms with van der Waals surface area (Å²) >= 11 is 0. The molecule has 1 amide bonds. The second-order valence-corrected chi connectivity index (χ2v) is 9.56. The molecule has 0 aliphatic carbocycles. The molecule has 162 valence electrons. The summed E-state index contributed by atoms with van der Waals surface area (Å²) in [5.41, 5.74) is 2.22. The average molecular weight is 435 g/mol. The number of amides is 1. The molecule has 0 bridgehead atoms. The van der Waals surface area contributed by atoms with Gasteiger partial charge >= 0.3 is 0 Å². The molecular formula is C22H27FN2O4S. The van der Waals surface area contributed by atoms with E-state index in [2.05, 4.69) is 11.4 Å². The number of carbonyl (C=O) groups is 1. The maximum atomic E-state index is 13.1. The molecule has 1 saturated heterocycles. The Hall–Kier alpha value is -2.45. The van der Waals surface area contributed by atoms with Crippen molar-refractivity contribution < 1.29 is 22.3 Å². The molecular weight excluding hydrogens is 407 g/mol. The molecule has 1 atom stereocenters. The van der Waals surface area contributed by atoms with Crippen LogP contribution in [0.25, 0.3) is 0 Å². The molecule has 6 nitrogen and oxygen atoms in total. The van der Waals surface area contributed by atoms with Gasteiger partial charge in [-0.2, -0.15) is 4.31 Å². The summed E-state index contributed by atoms with van der Waals surface area (Å²) in [7, 11) is -3.75. The van der Waals surface area contributed by atoms with Crippen LogP contribution in [0, 0.1) is 25.6 Å². The van der Waals surface area contributed by atoms with Gasteiger partial charge in [-0.25, -0.2) is 12.8 Å². The Morgan fingerprint density at radius 3 is 2.50 bits per heavy atom. The van der Waals surface area contributed by atoms with Crippen LogP contribution in [-0.4, -0.2) is 44.9 Å². The molecule has 2 aromatic carbocycles. The van der Waals surface area contributed by atoms with Crippen LogP contribution in [0.5, 0.6) is 5.75 Å². The number of ether oxygens (including phenoxy) is 1. The zero-order valence-corrected chi connectivity index (χ0v) is 18.0. The van der Waals surface area contributed by atoms with E-state index in [0.717, 1.165) is 29.0 Å². The maximum Gasteiger partial charge on any atom is 0.243 e. The molecule has 3 rings (SSSR count). The fourth-order valence-corrected chi connectivity index (χ4v) is 5.16. The summed E-state index contributed by atoms with van der Waals surface area (Å²) in [6.45, 7) is 5.13. The SMILES string of the molecule is Cc1cc(C)cc(OCCNC(=O)[C@@H]2CCCN(S(=O)(=O)c3ccc(F)cc3)C2)c1. The minimum absolute atomic E-state index is 0.0341. The van der Waals surface area contributed by atoms with E-state index in [4.69, 9.17) is 4.74 Å². The number of halogens is 1. The molecule has 0 saturated carbocycles. The lowest BCUT2D eigenvalue weighted by Gasteiger charge is -2.31. The first-order valence-corrected chi connectivity index (χ1v) is 11.4. The highest BCUT2D eigenvalue weighted by atomic mass is 32.2. The van der Waals surface area contributed by atoms with Crippen molar-refractivity contribution in [3.8, 4) is 5.75 Å². The van der Waals surface area contributed by atoms with E-state index < -0.39 is 21.8 Å². The third-order valence-electron chi connectivity index (χ3n) is 5.07. The number of aryl methyl sites for hydroxylation is 2. The standard InChI is InChI=1S/C22H27FN2O4S/c1-16-12-17(2)14-20(13-16)29-11-9-24-22(26)18-4-3-10-25(15-18)30(27,28)21-7-5-19(23)6-8-21/h5-8,12-14,18H,3-4,9-11,15H2,1-2H3,(H,24,26)/t18-/m1/s1. The smallest absolute Gasteiger partial charge is 0.243 e. The monoisotopic (exact) mass is 434 g/mol. The number of hydrogen-bond acceptors (Lipinski definition) is 4. The molecule has 0 radical (unpaired) electrons. The van der Waals surface area contributed by atoms with Gasteiger partial charge in [-0.1, -0.05) is 6.07 Å². The summed E-state index contributed by atoms with van der Waals surface area (Å²) in [5.74, 6) is -0.336. The van der Waals surface area contributed by atoms with Gasteiger partial charge in [0.05, 0.1) is 17.4 Å². The summed E-state index contributed by atoms with van der Waals surface area (Å²) in [6.07, 6.45) is 1.22. The predicted octanol–water partition coefficient (Wildman–Crippen LogP) is 3.04. The Morgan fingerprint density at radius 2 is 1.83 bits per heavy atom. The lowest BCUT2D eigenvalue weighted by atomic mass is 9.99. The summed E-state index contributed by atoms with van der Waals surface area (Å²) in [4.78, 5) is 12.6. The number of nitrogens with zero attached hydrogens (tertiary/aromatic N) is 1. The Morgan fingerprint density at radius 1 is 1.17 bits per heavy atom. The van der Waals surface area contributed by atoms with Crippen LogP contribution in [0.2, 0.25) is 0 Å². The zero-order chi connectivity index (χ0) is 21.7. The second-order valence-electron chi connectivity index (χ2n) is 7.62. The van der Waals surface area contributed by atoms with Crippen LogP contribution in [0.3, 0.4) is 0 Å². The van der Waals surface area contributed by atoms with Crippen molar-refractivity contribution in [1.29, 1.82) is 0 Å². The average Bonchev–Trinajstić information content (AvgIpc) is 2.71. The summed E-state index contributed by atoms with van der Waals surface area (Å²) in [6, 6.07) is 10.7. The number of carbonyl (C=O) groups excluding carboxylic acids is 1. The van der Waals surface area contributed by atoms with E-state index in [1.54, 1.807) is 0 Å². The topological polar surface area (TPSA) is 75.7 Å². The number of rotatable bonds is 7. The van der Waals surface area contributed by atoms with Gasteiger partial charge in [0.25, 0.3) is 0 Å². The van der Waals surface area contributed by atoms with Crippen molar-refractivity contribution in [2.24, 2.45) is 5.92 Å². The summed E-state index contributed by atoms with van der Waals surface area (Å²) < 4.78 is 45.7. The third-order valence-corrected chi connectivity index (χ3v) is 6.95. The van der Waals surface area contributed by atoms with Crippen LogP contribution in [0.15, 0.2) is 47.4 Å². The normalized spacial score (nSPS) is 17.5. The van der Waals surface area contributed by atoms with Gasteiger partial charge in [0.2, 0.25) is 15.9 Å². The molecule has 0 unspecified atom stereocenters. The second kappa shape index (κ2) is 9.57. The molecule has 30 heavy (non-hydrogen) atoms. The van der Waals surface area contributed by atoms with Crippen LogP contribution in [-0.2, 0) is 14.8 Å². The Kier molecular flexibility index (Phi) is 7.10. The minimum atomic E-state index is -3.75. The number of nitrogens with one attached hydrogen (secondary N) is 1. The van der Waals surface area contributed by atoms with E-state index in [1.807, 2.05) is 26.0 Å². The maximum absolute atomic E-state index is 13.1. The Bertz CT molecular complexity index is 972. The first kappa shape index (κ1) is 22.2. The molecule has 1 aliphatic rings.